The number of nitrogens with one attached hydrogen (secondary N) is 1. The molecule has 0 saturated carbocycles. The summed E-state index contributed by atoms with van der Waals surface area (Å²) in [7, 11) is 0. The fourth-order valence-electron chi connectivity index (χ4n) is 1.77. The van der Waals surface area contributed by atoms with Gasteiger partial charge in [-0.15, -0.1) is 0 Å². The Hall–Kier alpha value is -1.83. The lowest BCUT2D eigenvalue weighted by Gasteiger charge is -2.08. The van der Waals surface area contributed by atoms with Crippen molar-refractivity contribution in [3.63, 3.8) is 0 Å². The summed E-state index contributed by atoms with van der Waals surface area (Å²) < 4.78 is 0. The third kappa shape index (κ3) is 1.84. The Morgan fingerprint density at radius 3 is 2.47 bits per heavy atom. The Kier molecular flexibility index (Phi) is 2.42. The summed E-state index contributed by atoms with van der Waals surface area (Å²) in [6, 6.07) is 12.0. The highest BCUT2D eigenvalue weighted by molar-refractivity contribution is 6.02. The van der Waals surface area contributed by atoms with Crippen LogP contribution in [0.5, 0.6) is 0 Å². The predicted octanol–water partition coefficient (Wildman–Crippen LogP) is 3.11. The molecule has 0 bridgehead atoms. The zero-order chi connectivity index (χ0) is 10.8. The van der Waals surface area contributed by atoms with Crippen LogP contribution < -0.4 is 5.32 Å². The summed E-state index contributed by atoms with van der Waals surface area (Å²) in [5.74, 6) is -0.0380. The molecule has 0 spiro atoms. The van der Waals surface area contributed by atoms with Crippen LogP contribution in [0.1, 0.15) is 12.5 Å². The summed E-state index contributed by atoms with van der Waals surface area (Å²) in [6.45, 7) is 3.59. The number of rotatable bonds is 1. The molecule has 2 aromatic carbocycles. The number of anilines is 1. The molecule has 0 fully saturated rings. The van der Waals surface area contributed by atoms with Crippen LogP contribution >= 0.6 is 0 Å². The molecule has 0 saturated heterocycles. The third-order valence-electron chi connectivity index (χ3n) is 2.45. The SMILES string of the molecule is CC(=O)Nc1cccc2c(C)cccc12. The van der Waals surface area contributed by atoms with Crippen LogP contribution in [0.4, 0.5) is 5.69 Å². The van der Waals surface area contributed by atoms with Crippen LogP contribution in [-0.2, 0) is 4.79 Å². The first-order valence-electron chi connectivity index (χ1n) is 4.94. The van der Waals surface area contributed by atoms with Gasteiger partial charge in [0.2, 0.25) is 5.91 Å². The van der Waals surface area contributed by atoms with E-state index in [0.717, 1.165) is 11.1 Å². The molecule has 0 heterocycles. The minimum Gasteiger partial charge on any atom is -0.326 e. The van der Waals surface area contributed by atoms with Gasteiger partial charge < -0.3 is 5.32 Å². The van der Waals surface area contributed by atoms with Gasteiger partial charge in [-0.1, -0.05) is 30.3 Å². The van der Waals surface area contributed by atoms with Gasteiger partial charge in [0.15, 0.2) is 0 Å². The lowest BCUT2D eigenvalue weighted by molar-refractivity contribution is -0.114. The minimum atomic E-state index is -0.0380. The van der Waals surface area contributed by atoms with Crippen LogP contribution in [0.2, 0.25) is 0 Å². The molecule has 0 aromatic heterocycles. The summed E-state index contributed by atoms with van der Waals surface area (Å²) in [6.07, 6.45) is 0. The Balaban J connectivity index is 2.65. The van der Waals surface area contributed by atoms with E-state index in [0.29, 0.717) is 0 Å². The van der Waals surface area contributed by atoms with Gasteiger partial charge in [-0.2, -0.15) is 0 Å². The number of amides is 1. The van der Waals surface area contributed by atoms with Gasteiger partial charge in [0.1, 0.15) is 0 Å². The molecule has 0 aliphatic rings. The van der Waals surface area contributed by atoms with Crippen molar-refractivity contribution in [1.82, 2.24) is 0 Å². The number of fused-ring (bicyclic) bond motifs is 1. The normalized spacial score (nSPS) is 10.3. The molecule has 2 nitrogen and oxygen atoms in total. The van der Waals surface area contributed by atoms with Crippen LogP contribution in [-0.4, -0.2) is 5.91 Å². The van der Waals surface area contributed by atoms with Gasteiger partial charge >= 0.3 is 0 Å². The van der Waals surface area contributed by atoms with E-state index < -0.39 is 0 Å². The molecule has 0 radical (unpaired) electrons. The second-order valence-electron chi connectivity index (χ2n) is 3.66. The number of hydrogen-bond donors (Lipinski definition) is 1. The van der Waals surface area contributed by atoms with Crippen LogP contribution in [0.3, 0.4) is 0 Å². The minimum absolute atomic E-state index is 0.0380. The number of carbonyl (C=O) groups is 1. The van der Waals surface area contributed by atoms with Crippen molar-refractivity contribution in [3.8, 4) is 0 Å². The standard InChI is InChI=1S/C13H13NO/c1-9-5-3-7-12-11(9)6-4-8-13(12)14-10(2)15/h3-8H,1-2H3,(H,14,15). The fourth-order valence-corrected chi connectivity index (χ4v) is 1.77. The molecule has 1 amide bonds. The van der Waals surface area contributed by atoms with Crippen LogP contribution in [0.15, 0.2) is 36.4 Å². The molecule has 2 aromatic rings. The zero-order valence-corrected chi connectivity index (χ0v) is 8.87. The van der Waals surface area contributed by atoms with Crippen molar-refractivity contribution in [2.45, 2.75) is 13.8 Å². The highest BCUT2D eigenvalue weighted by Gasteiger charge is 2.02. The number of benzene rings is 2. The monoisotopic (exact) mass is 199 g/mol. The number of carbonyl (C=O) groups excluding carboxylic acids is 1. The quantitative estimate of drug-likeness (QED) is 0.751. The maximum atomic E-state index is 11.0. The molecular weight excluding hydrogens is 186 g/mol. The largest absolute Gasteiger partial charge is 0.326 e. The first kappa shape index (κ1) is 9.71. The van der Waals surface area contributed by atoms with E-state index in [2.05, 4.69) is 24.4 Å². The van der Waals surface area contributed by atoms with E-state index in [-0.39, 0.29) is 5.91 Å². The van der Waals surface area contributed by atoms with E-state index in [1.165, 1.54) is 17.9 Å². The second kappa shape index (κ2) is 3.73. The molecule has 0 atom stereocenters. The maximum absolute atomic E-state index is 11.0. The maximum Gasteiger partial charge on any atom is 0.221 e. The van der Waals surface area contributed by atoms with Gasteiger partial charge in [-0.25, -0.2) is 0 Å². The highest BCUT2D eigenvalue weighted by Crippen LogP contribution is 2.25. The van der Waals surface area contributed by atoms with Crippen molar-refractivity contribution >= 4 is 22.4 Å². The van der Waals surface area contributed by atoms with E-state index in [1.807, 2.05) is 24.3 Å². The number of hydrogen-bond acceptors (Lipinski definition) is 1. The van der Waals surface area contributed by atoms with Crippen molar-refractivity contribution in [1.29, 1.82) is 0 Å². The molecule has 76 valence electrons. The van der Waals surface area contributed by atoms with E-state index in [9.17, 15) is 4.79 Å². The highest BCUT2D eigenvalue weighted by atomic mass is 16.1. The van der Waals surface area contributed by atoms with Crippen molar-refractivity contribution < 1.29 is 4.79 Å². The Morgan fingerprint density at radius 2 is 1.73 bits per heavy atom. The Morgan fingerprint density at radius 1 is 1.07 bits per heavy atom. The average molecular weight is 199 g/mol. The molecule has 2 rings (SSSR count). The summed E-state index contributed by atoms with van der Waals surface area (Å²) in [5, 5.41) is 5.11. The Labute approximate surface area is 88.9 Å². The summed E-state index contributed by atoms with van der Waals surface area (Å²) in [5.41, 5.74) is 2.10. The molecule has 0 aliphatic heterocycles. The molecule has 0 unspecified atom stereocenters. The van der Waals surface area contributed by atoms with Crippen molar-refractivity contribution in [3.05, 3.63) is 42.0 Å². The van der Waals surface area contributed by atoms with Gasteiger partial charge in [-0.3, -0.25) is 4.79 Å². The molecule has 0 aliphatic carbocycles. The second-order valence-corrected chi connectivity index (χ2v) is 3.66. The van der Waals surface area contributed by atoms with E-state index >= 15 is 0 Å². The first-order valence-corrected chi connectivity index (χ1v) is 4.94. The van der Waals surface area contributed by atoms with Gasteiger partial charge in [0, 0.05) is 18.0 Å². The molecule has 1 N–H and O–H groups in total. The van der Waals surface area contributed by atoms with Crippen LogP contribution in [0.25, 0.3) is 10.8 Å². The lowest BCUT2D eigenvalue weighted by atomic mass is 10.0. The molecule has 15 heavy (non-hydrogen) atoms. The van der Waals surface area contributed by atoms with Gasteiger partial charge in [0.25, 0.3) is 0 Å². The molecule has 2 heteroatoms. The lowest BCUT2D eigenvalue weighted by Crippen LogP contribution is -2.05. The van der Waals surface area contributed by atoms with Gasteiger partial charge in [-0.05, 0) is 23.9 Å². The first-order chi connectivity index (χ1) is 7.18. The fraction of sp³-hybridized carbons (Fsp3) is 0.154. The summed E-state index contributed by atoms with van der Waals surface area (Å²) >= 11 is 0. The number of aryl methyl sites for hydroxylation is 1. The van der Waals surface area contributed by atoms with Crippen molar-refractivity contribution in [2.24, 2.45) is 0 Å². The van der Waals surface area contributed by atoms with Crippen LogP contribution in [0, 0.1) is 6.92 Å². The Bertz CT molecular complexity index is 517. The smallest absolute Gasteiger partial charge is 0.221 e. The van der Waals surface area contributed by atoms with E-state index in [1.54, 1.807) is 0 Å². The van der Waals surface area contributed by atoms with Gasteiger partial charge in [0.05, 0.1) is 0 Å². The zero-order valence-electron chi connectivity index (χ0n) is 8.87. The van der Waals surface area contributed by atoms with Crippen molar-refractivity contribution in [2.75, 3.05) is 5.32 Å². The molecular formula is C13H13NO. The average Bonchev–Trinajstić information content (AvgIpc) is 2.19. The summed E-state index contributed by atoms with van der Waals surface area (Å²) in [4.78, 5) is 11.0. The van der Waals surface area contributed by atoms with E-state index in [4.69, 9.17) is 0 Å². The predicted molar refractivity (Wildman–Crippen MR) is 63.0 cm³/mol. The third-order valence-corrected chi connectivity index (χ3v) is 2.45. The topological polar surface area (TPSA) is 29.1 Å².